The molecule has 52 valence electrons. The fraction of sp³-hybridized carbons (Fsp3) is 1.00. The van der Waals surface area contributed by atoms with Crippen molar-refractivity contribution >= 4 is 12.4 Å². The van der Waals surface area contributed by atoms with Crippen LogP contribution >= 0.6 is 12.4 Å². The first-order valence-corrected chi connectivity index (χ1v) is 2.39. The molecule has 3 nitrogen and oxygen atoms in total. The normalized spacial score (nSPS) is 19.1. The summed E-state index contributed by atoms with van der Waals surface area (Å²) in [6, 6.07) is 0. The van der Waals surface area contributed by atoms with Crippen LogP contribution in [-0.2, 0) is 0 Å². The minimum absolute atomic E-state index is 0. The molecule has 0 aromatic carbocycles. The number of rotatable bonds is 0. The van der Waals surface area contributed by atoms with Gasteiger partial charge in [0.2, 0.25) is 0 Å². The molecule has 0 saturated carbocycles. The van der Waals surface area contributed by atoms with Crippen LogP contribution < -0.4 is 5.84 Å². The number of nitrogens with zero attached hydrogens (tertiary/aromatic N) is 1. The summed E-state index contributed by atoms with van der Waals surface area (Å²) in [6.07, 6.45) is 2.58. The molecule has 0 atom stereocenters. The molecule has 0 amide bonds. The van der Waals surface area contributed by atoms with Gasteiger partial charge in [-0.15, -0.1) is 12.4 Å². The van der Waals surface area contributed by atoms with Gasteiger partial charge in [0, 0.05) is 13.1 Å². The van der Waals surface area contributed by atoms with Crippen LogP contribution in [0.3, 0.4) is 0 Å². The number of hydrogen-bond donors (Lipinski definition) is 1. The molecule has 0 radical (unpaired) electrons. The van der Waals surface area contributed by atoms with E-state index < -0.39 is 0 Å². The molecule has 8 heavy (non-hydrogen) atoms. The number of halogens is 1. The third-order valence-electron chi connectivity index (χ3n) is 1.14. The maximum atomic E-state index is 5.37. The fourth-order valence-electron chi connectivity index (χ4n) is 0.742. The van der Waals surface area contributed by atoms with Crippen LogP contribution in [0.1, 0.15) is 12.8 Å². The molecule has 1 heterocycles. The number of hydrogen-bond acceptors (Lipinski definition) is 2. The van der Waals surface area contributed by atoms with Gasteiger partial charge >= 0.3 is 0 Å². The molecule has 1 aliphatic rings. The summed E-state index contributed by atoms with van der Waals surface area (Å²) in [5, 5.41) is 1.86. The lowest BCUT2D eigenvalue weighted by molar-refractivity contribution is 0.355. The van der Waals surface area contributed by atoms with Crippen LogP contribution in [0, 0.1) is 0 Å². The average molecular weight is 141 g/mol. The molecule has 0 aromatic heterocycles. The molecular weight excluding hydrogens is 128 g/mol. The Balaban J connectivity index is 0. The molecule has 0 unspecified atom stereocenters. The van der Waals surface area contributed by atoms with Crippen LogP contribution in [0.4, 0.5) is 0 Å². The van der Waals surface area contributed by atoms with Crippen molar-refractivity contribution < 1.29 is 5.48 Å². The number of hydrazine groups is 1. The lowest BCUT2D eigenvalue weighted by atomic mass is 10.4. The van der Waals surface area contributed by atoms with Crippen LogP contribution in [0.15, 0.2) is 0 Å². The van der Waals surface area contributed by atoms with Gasteiger partial charge in [-0.1, -0.05) is 0 Å². The van der Waals surface area contributed by atoms with E-state index in [9.17, 15) is 0 Å². The lowest BCUT2D eigenvalue weighted by Gasteiger charge is -2.01. The van der Waals surface area contributed by atoms with Gasteiger partial charge in [0.1, 0.15) is 0 Å². The Labute approximate surface area is 55.5 Å². The Morgan fingerprint density at radius 3 is 1.62 bits per heavy atom. The molecule has 1 saturated heterocycles. The van der Waals surface area contributed by atoms with Crippen LogP contribution in [0.25, 0.3) is 0 Å². The SMILES string of the molecule is Cl.NN1CCCC1.O. The topological polar surface area (TPSA) is 60.8 Å². The molecule has 4 N–H and O–H groups in total. The quantitative estimate of drug-likeness (QED) is 0.464. The summed E-state index contributed by atoms with van der Waals surface area (Å²) in [7, 11) is 0. The molecule has 0 aliphatic carbocycles. The second-order valence-corrected chi connectivity index (χ2v) is 1.74. The summed E-state index contributed by atoms with van der Waals surface area (Å²) in [4.78, 5) is 0. The van der Waals surface area contributed by atoms with Gasteiger partial charge in [-0.2, -0.15) is 0 Å². The van der Waals surface area contributed by atoms with Crippen LogP contribution in [0.5, 0.6) is 0 Å². The minimum atomic E-state index is 0. The maximum Gasteiger partial charge on any atom is 0.0129 e. The van der Waals surface area contributed by atoms with Crippen molar-refractivity contribution in [3.05, 3.63) is 0 Å². The predicted molar refractivity (Wildman–Crippen MR) is 35.9 cm³/mol. The van der Waals surface area contributed by atoms with Crippen LogP contribution in [0.2, 0.25) is 0 Å². The maximum absolute atomic E-state index is 5.37. The van der Waals surface area contributed by atoms with Gasteiger partial charge < -0.3 is 5.48 Å². The first-order chi connectivity index (χ1) is 2.89. The zero-order chi connectivity index (χ0) is 4.41. The zero-order valence-electron chi connectivity index (χ0n) is 4.76. The van der Waals surface area contributed by atoms with E-state index in [2.05, 4.69) is 0 Å². The van der Waals surface area contributed by atoms with E-state index in [4.69, 9.17) is 5.84 Å². The zero-order valence-corrected chi connectivity index (χ0v) is 5.58. The van der Waals surface area contributed by atoms with Crippen molar-refractivity contribution in [3.63, 3.8) is 0 Å². The Bertz CT molecular complexity index is 47.3. The van der Waals surface area contributed by atoms with Crippen molar-refractivity contribution in [2.75, 3.05) is 13.1 Å². The van der Waals surface area contributed by atoms with E-state index >= 15 is 0 Å². The molecule has 1 fully saturated rings. The van der Waals surface area contributed by atoms with Gasteiger partial charge in [-0.25, -0.2) is 5.01 Å². The first-order valence-electron chi connectivity index (χ1n) is 2.39. The summed E-state index contributed by atoms with van der Waals surface area (Å²) in [5.41, 5.74) is 0. The van der Waals surface area contributed by atoms with Crippen molar-refractivity contribution in [3.8, 4) is 0 Å². The van der Waals surface area contributed by atoms with Gasteiger partial charge in [0.15, 0.2) is 0 Å². The van der Waals surface area contributed by atoms with E-state index in [1.807, 2.05) is 5.01 Å². The summed E-state index contributed by atoms with van der Waals surface area (Å²) in [5.74, 6) is 5.37. The van der Waals surface area contributed by atoms with E-state index in [0.29, 0.717) is 0 Å². The van der Waals surface area contributed by atoms with Crippen molar-refractivity contribution in [1.29, 1.82) is 0 Å². The predicted octanol–water partition coefficient (Wildman–Crippen LogP) is -0.447. The van der Waals surface area contributed by atoms with E-state index in [0.717, 1.165) is 13.1 Å². The summed E-state index contributed by atoms with van der Waals surface area (Å²) in [6.45, 7) is 2.19. The first kappa shape index (κ1) is 11.0. The second kappa shape index (κ2) is 5.31. The van der Waals surface area contributed by atoms with E-state index in [-0.39, 0.29) is 17.9 Å². The third-order valence-corrected chi connectivity index (χ3v) is 1.14. The van der Waals surface area contributed by atoms with Crippen LogP contribution in [-0.4, -0.2) is 23.6 Å². The summed E-state index contributed by atoms with van der Waals surface area (Å²) >= 11 is 0. The highest BCUT2D eigenvalue weighted by atomic mass is 35.5. The molecular formula is C4H13ClN2O. The molecule has 0 spiro atoms. The smallest absolute Gasteiger partial charge is 0.0129 e. The Kier molecular flexibility index (Phi) is 7.32. The highest BCUT2D eigenvalue weighted by Crippen LogP contribution is 1.99. The third kappa shape index (κ3) is 3.21. The lowest BCUT2D eigenvalue weighted by Crippen LogP contribution is -2.26. The van der Waals surface area contributed by atoms with Gasteiger partial charge in [0.25, 0.3) is 0 Å². The molecule has 0 bridgehead atoms. The van der Waals surface area contributed by atoms with Crippen molar-refractivity contribution in [2.45, 2.75) is 12.8 Å². The minimum Gasteiger partial charge on any atom is -0.412 e. The Hall–Kier alpha value is 0.170. The van der Waals surface area contributed by atoms with Gasteiger partial charge in [-0.05, 0) is 12.8 Å². The van der Waals surface area contributed by atoms with Crippen molar-refractivity contribution in [1.82, 2.24) is 5.01 Å². The monoisotopic (exact) mass is 140 g/mol. The highest BCUT2D eigenvalue weighted by molar-refractivity contribution is 5.85. The highest BCUT2D eigenvalue weighted by Gasteiger charge is 2.03. The van der Waals surface area contributed by atoms with E-state index in [1.54, 1.807) is 0 Å². The fourth-order valence-corrected chi connectivity index (χ4v) is 0.742. The summed E-state index contributed by atoms with van der Waals surface area (Å²) < 4.78 is 0. The molecule has 1 aliphatic heterocycles. The molecule has 1 rings (SSSR count). The average Bonchev–Trinajstić information content (AvgIpc) is 1.86. The molecule has 0 aromatic rings. The number of nitrogens with two attached hydrogens (primary N) is 1. The van der Waals surface area contributed by atoms with Gasteiger partial charge in [-0.3, -0.25) is 5.84 Å². The Morgan fingerprint density at radius 1 is 1.12 bits per heavy atom. The Morgan fingerprint density at radius 2 is 1.50 bits per heavy atom. The standard InChI is InChI=1S/C4H10N2.ClH.H2O/c5-6-3-1-2-4-6;;/h1-5H2;1H;1H2. The second-order valence-electron chi connectivity index (χ2n) is 1.74. The van der Waals surface area contributed by atoms with Crippen molar-refractivity contribution in [2.24, 2.45) is 5.84 Å². The van der Waals surface area contributed by atoms with E-state index in [1.165, 1.54) is 12.8 Å². The molecule has 4 heteroatoms. The largest absolute Gasteiger partial charge is 0.412 e. The van der Waals surface area contributed by atoms with Gasteiger partial charge in [0.05, 0.1) is 0 Å².